The second-order valence-corrected chi connectivity index (χ2v) is 7.63. The normalized spacial score (nSPS) is 15.5. The van der Waals surface area contributed by atoms with Crippen molar-refractivity contribution in [3.8, 4) is 11.5 Å². The SMILES string of the molecule is O=C(CCNS(=O)(=O)c1ccccc1)NNC(=O)[C@@H]1COc2ccccc2O1. The van der Waals surface area contributed by atoms with E-state index >= 15 is 0 Å². The Balaban J connectivity index is 1.40. The van der Waals surface area contributed by atoms with Crippen LogP contribution in [0.1, 0.15) is 6.42 Å². The molecular weight excluding hydrogens is 386 g/mol. The molecule has 10 heteroatoms. The molecule has 1 aliphatic heterocycles. The van der Waals surface area contributed by atoms with Gasteiger partial charge in [0.1, 0.15) is 6.61 Å². The smallest absolute Gasteiger partial charge is 0.283 e. The Morgan fingerprint density at radius 1 is 0.964 bits per heavy atom. The molecule has 3 rings (SSSR count). The number of carbonyl (C=O) groups excluding carboxylic acids is 2. The van der Waals surface area contributed by atoms with Gasteiger partial charge in [-0.2, -0.15) is 0 Å². The number of hydrogen-bond acceptors (Lipinski definition) is 6. The molecule has 148 valence electrons. The van der Waals surface area contributed by atoms with E-state index in [0.29, 0.717) is 11.5 Å². The van der Waals surface area contributed by atoms with Crippen LogP contribution in [0.5, 0.6) is 11.5 Å². The Bertz CT molecular complexity index is 949. The highest BCUT2D eigenvalue weighted by Gasteiger charge is 2.27. The lowest BCUT2D eigenvalue weighted by Gasteiger charge is -2.25. The maximum Gasteiger partial charge on any atom is 0.283 e. The molecule has 0 unspecified atom stereocenters. The number of nitrogens with one attached hydrogen (secondary N) is 3. The molecule has 0 fully saturated rings. The Morgan fingerprint density at radius 2 is 1.64 bits per heavy atom. The third-order valence-corrected chi connectivity index (χ3v) is 5.30. The van der Waals surface area contributed by atoms with Gasteiger partial charge in [0.25, 0.3) is 5.91 Å². The predicted molar refractivity (Wildman–Crippen MR) is 98.9 cm³/mol. The molecule has 0 aromatic heterocycles. The van der Waals surface area contributed by atoms with Crippen molar-refractivity contribution in [2.75, 3.05) is 13.2 Å². The van der Waals surface area contributed by atoms with Gasteiger partial charge in [0, 0.05) is 13.0 Å². The lowest BCUT2D eigenvalue weighted by molar-refractivity contribution is -0.135. The fraction of sp³-hybridized carbons (Fsp3) is 0.222. The minimum absolute atomic E-state index is 0.00952. The molecule has 0 bridgehead atoms. The molecule has 1 aliphatic rings. The largest absolute Gasteiger partial charge is 0.485 e. The highest BCUT2D eigenvalue weighted by Crippen LogP contribution is 2.30. The molecule has 2 aromatic rings. The van der Waals surface area contributed by atoms with E-state index < -0.39 is 27.9 Å². The highest BCUT2D eigenvalue weighted by atomic mass is 32.2. The van der Waals surface area contributed by atoms with Crippen molar-refractivity contribution in [1.29, 1.82) is 0 Å². The average molecular weight is 405 g/mol. The van der Waals surface area contributed by atoms with E-state index in [2.05, 4.69) is 15.6 Å². The summed E-state index contributed by atoms with van der Waals surface area (Å²) in [6.07, 6.45) is -1.07. The molecule has 1 heterocycles. The molecule has 28 heavy (non-hydrogen) atoms. The van der Waals surface area contributed by atoms with Crippen LogP contribution < -0.4 is 25.0 Å². The number of para-hydroxylation sites is 2. The van der Waals surface area contributed by atoms with Gasteiger partial charge in [-0.15, -0.1) is 0 Å². The van der Waals surface area contributed by atoms with Crippen LogP contribution in [-0.4, -0.2) is 39.5 Å². The van der Waals surface area contributed by atoms with Crippen LogP contribution in [-0.2, 0) is 19.6 Å². The first-order valence-electron chi connectivity index (χ1n) is 8.47. The highest BCUT2D eigenvalue weighted by molar-refractivity contribution is 7.89. The van der Waals surface area contributed by atoms with E-state index in [1.807, 2.05) is 0 Å². The first-order valence-corrected chi connectivity index (χ1v) is 9.96. The van der Waals surface area contributed by atoms with E-state index in [0.717, 1.165) is 0 Å². The van der Waals surface area contributed by atoms with E-state index in [1.165, 1.54) is 12.1 Å². The molecule has 0 saturated heterocycles. The lowest BCUT2D eigenvalue weighted by atomic mass is 10.2. The van der Waals surface area contributed by atoms with E-state index in [9.17, 15) is 18.0 Å². The van der Waals surface area contributed by atoms with Crippen LogP contribution in [0, 0.1) is 0 Å². The molecule has 0 aliphatic carbocycles. The minimum atomic E-state index is -3.69. The summed E-state index contributed by atoms with van der Waals surface area (Å²) in [4.78, 5) is 24.0. The second-order valence-electron chi connectivity index (χ2n) is 5.86. The summed E-state index contributed by atoms with van der Waals surface area (Å²) in [6.45, 7) is -0.106. The molecule has 0 radical (unpaired) electrons. The summed E-state index contributed by atoms with van der Waals surface area (Å²) in [7, 11) is -3.69. The van der Waals surface area contributed by atoms with Crippen molar-refractivity contribution in [2.45, 2.75) is 17.4 Å². The number of amides is 2. The number of fused-ring (bicyclic) bond motifs is 1. The van der Waals surface area contributed by atoms with Crippen LogP contribution >= 0.6 is 0 Å². The van der Waals surface area contributed by atoms with Gasteiger partial charge in [-0.1, -0.05) is 30.3 Å². The van der Waals surface area contributed by atoms with Gasteiger partial charge >= 0.3 is 0 Å². The maximum atomic E-state index is 12.1. The number of benzene rings is 2. The monoisotopic (exact) mass is 405 g/mol. The van der Waals surface area contributed by atoms with Crippen LogP contribution in [0.2, 0.25) is 0 Å². The summed E-state index contributed by atoms with van der Waals surface area (Å²) in [5.41, 5.74) is 4.46. The van der Waals surface area contributed by atoms with Crippen LogP contribution in [0.25, 0.3) is 0 Å². The number of sulfonamides is 1. The summed E-state index contributed by atoms with van der Waals surface area (Å²) in [5.74, 6) is -0.147. The number of rotatable bonds is 6. The summed E-state index contributed by atoms with van der Waals surface area (Å²) < 4.78 is 37.4. The van der Waals surface area contributed by atoms with Crippen molar-refractivity contribution >= 4 is 21.8 Å². The number of ether oxygens (including phenoxy) is 2. The van der Waals surface area contributed by atoms with Crippen molar-refractivity contribution in [3.05, 3.63) is 54.6 Å². The molecule has 2 aromatic carbocycles. The van der Waals surface area contributed by atoms with Crippen LogP contribution in [0.3, 0.4) is 0 Å². The zero-order chi connectivity index (χ0) is 20.0. The quantitative estimate of drug-likeness (QED) is 0.596. The van der Waals surface area contributed by atoms with E-state index in [-0.39, 0.29) is 24.5 Å². The summed E-state index contributed by atoms with van der Waals surface area (Å²) in [5, 5.41) is 0. The third-order valence-electron chi connectivity index (χ3n) is 3.82. The van der Waals surface area contributed by atoms with Crippen molar-refractivity contribution in [1.82, 2.24) is 15.6 Å². The second kappa shape index (κ2) is 8.72. The standard InChI is InChI=1S/C18H19N3O6S/c22-17(10-11-19-28(24,25)13-6-2-1-3-7-13)20-21-18(23)16-12-26-14-8-4-5-9-15(14)27-16/h1-9,16,19H,10-12H2,(H,20,22)(H,21,23)/t16-/m0/s1. The number of hydrazine groups is 1. The van der Waals surface area contributed by atoms with Crippen molar-refractivity contribution < 1.29 is 27.5 Å². The Kier molecular flexibility index (Phi) is 6.12. The predicted octanol–water partition coefficient (Wildman–Crippen LogP) is 0.342. The fourth-order valence-electron chi connectivity index (χ4n) is 2.40. The molecular formula is C18H19N3O6S. The molecule has 2 amide bonds. The molecule has 9 nitrogen and oxygen atoms in total. The number of carbonyl (C=O) groups is 2. The summed E-state index contributed by atoms with van der Waals surface area (Å²) in [6, 6.07) is 14.7. The Hall–Kier alpha value is -3.11. The molecule has 3 N–H and O–H groups in total. The van der Waals surface area contributed by atoms with Crippen molar-refractivity contribution in [2.24, 2.45) is 0 Å². The Labute approximate surface area is 162 Å². The number of hydrogen-bond donors (Lipinski definition) is 3. The van der Waals surface area contributed by atoms with Gasteiger partial charge in [-0.3, -0.25) is 20.4 Å². The van der Waals surface area contributed by atoms with Crippen LogP contribution in [0.15, 0.2) is 59.5 Å². The van der Waals surface area contributed by atoms with E-state index in [1.54, 1.807) is 42.5 Å². The van der Waals surface area contributed by atoms with Gasteiger partial charge in [0.15, 0.2) is 11.5 Å². The zero-order valence-electron chi connectivity index (χ0n) is 14.8. The van der Waals surface area contributed by atoms with Crippen LogP contribution in [0.4, 0.5) is 0 Å². The first kappa shape index (κ1) is 19.6. The summed E-state index contributed by atoms with van der Waals surface area (Å²) >= 11 is 0. The Morgan fingerprint density at radius 3 is 2.39 bits per heavy atom. The van der Waals surface area contributed by atoms with Gasteiger partial charge in [-0.05, 0) is 24.3 Å². The van der Waals surface area contributed by atoms with Gasteiger partial charge in [0.05, 0.1) is 4.90 Å². The molecule has 0 spiro atoms. The zero-order valence-corrected chi connectivity index (χ0v) is 15.6. The third kappa shape index (κ3) is 4.99. The molecule has 1 atom stereocenters. The van der Waals surface area contributed by atoms with Gasteiger partial charge < -0.3 is 9.47 Å². The fourth-order valence-corrected chi connectivity index (χ4v) is 3.46. The minimum Gasteiger partial charge on any atom is -0.485 e. The topological polar surface area (TPSA) is 123 Å². The van der Waals surface area contributed by atoms with Gasteiger partial charge in [-0.25, -0.2) is 13.1 Å². The maximum absolute atomic E-state index is 12.1. The van der Waals surface area contributed by atoms with Crippen molar-refractivity contribution in [3.63, 3.8) is 0 Å². The molecule has 0 saturated carbocycles. The van der Waals surface area contributed by atoms with E-state index in [4.69, 9.17) is 9.47 Å². The average Bonchev–Trinajstić information content (AvgIpc) is 2.72. The van der Waals surface area contributed by atoms with Gasteiger partial charge in [0.2, 0.25) is 22.0 Å². The first-order chi connectivity index (χ1) is 13.5. The lowest BCUT2D eigenvalue weighted by Crippen LogP contribution is -2.51.